The van der Waals surface area contributed by atoms with Gasteiger partial charge in [-0.2, -0.15) is 0 Å². The monoisotopic (exact) mass is 371 g/mol. The predicted molar refractivity (Wildman–Crippen MR) is 97.1 cm³/mol. The zero-order valence-corrected chi connectivity index (χ0v) is 16.7. The first kappa shape index (κ1) is 20.1. The fourth-order valence-corrected chi connectivity index (χ4v) is 3.87. The number of hydrogen-bond acceptors (Lipinski definition) is 6. The number of aliphatic hydroxyl groups excluding tert-OH is 1. The number of H-pyrrole nitrogens is 1. The zero-order valence-electron chi connectivity index (χ0n) is 15.7. The summed E-state index contributed by atoms with van der Waals surface area (Å²) in [5, 5.41) is 9.50. The number of aromatic amines is 1. The SMILES string of the molecule is Cc1cn([C@@H]2O[C@H](CO)[C@@H](N)[C@H]2O[Si](C)(C)C(C)(C)C)c(=O)[nH]c1=O. The minimum absolute atomic E-state index is 0.0551. The molecule has 0 spiro atoms. The third kappa shape index (κ3) is 3.80. The number of nitrogens with two attached hydrogens (primary N) is 1. The molecule has 4 N–H and O–H groups in total. The van der Waals surface area contributed by atoms with Crippen LogP contribution in [-0.4, -0.2) is 47.8 Å². The molecule has 0 saturated carbocycles. The van der Waals surface area contributed by atoms with E-state index in [1.54, 1.807) is 6.92 Å². The van der Waals surface area contributed by atoms with Gasteiger partial charge in [0.25, 0.3) is 5.56 Å². The Hall–Kier alpha value is -1.26. The Labute approximate surface area is 148 Å². The van der Waals surface area contributed by atoms with E-state index in [2.05, 4.69) is 38.8 Å². The molecule has 142 valence electrons. The maximum atomic E-state index is 12.3. The highest BCUT2D eigenvalue weighted by Gasteiger charge is 2.49. The van der Waals surface area contributed by atoms with Crippen LogP contribution in [0.4, 0.5) is 0 Å². The van der Waals surface area contributed by atoms with Gasteiger partial charge in [-0.3, -0.25) is 14.3 Å². The average Bonchev–Trinajstić information content (AvgIpc) is 2.78. The van der Waals surface area contributed by atoms with Crippen LogP contribution < -0.4 is 17.0 Å². The summed E-state index contributed by atoms with van der Waals surface area (Å²) >= 11 is 0. The summed E-state index contributed by atoms with van der Waals surface area (Å²) in [6, 6.07) is -0.580. The molecule has 0 amide bonds. The lowest BCUT2D eigenvalue weighted by molar-refractivity contribution is -0.0506. The first-order valence-corrected chi connectivity index (χ1v) is 11.3. The van der Waals surface area contributed by atoms with Gasteiger partial charge in [0.2, 0.25) is 0 Å². The van der Waals surface area contributed by atoms with E-state index in [0.717, 1.165) is 0 Å². The van der Waals surface area contributed by atoms with Crippen LogP contribution in [0.5, 0.6) is 0 Å². The van der Waals surface area contributed by atoms with E-state index in [1.807, 2.05) is 0 Å². The Bertz CT molecular complexity index is 737. The minimum atomic E-state index is -2.20. The third-order valence-corrected chi connectivity index (χ3v) is 9.71. The van der Waals surface area contributed by atoms with Crippen LogP contribution in [0.25, 0.3) is 0 Å². The van der Waals surface area contributed by atoms with Gasteiger partial charge in [0, 0.05) is 11.8 Å². The molecule has 2 rings (SSSR count). The number of nitrogens with one attached hydrogen (secondary N) is 1. The van der Waals surface area contributed by atoms with Crippen molar-refractivity contribution in [3.05, 3.63) is 32.6 Å². The van der Waals surface area contributed by atoms with Crippen molar-refractivity contribution in [1.29, 1.82) is 0 Å². The lowest BCUT2D eigenvalue weighted by Gasteiger charge is -2.40. The van der Waals surface area contributed by atoms with Crippen LogP contribution in [-0.2, 0) is 9.16 Å². The smallest absolute Gasteiger partial charge is 0.330 e. The molecular formula is C16H29N3O5Si. The summed E-state index contributed by atoms with van der Waals surface area (Å²) in [6.07, 6.45) is -0.593. The fourth-order valence-electron chi connectivity index (χ4n) is 2.57. The Morgan fingerprint density at radius 1 is 1.40 bits per heavy atom. The highest BCUT2D eigenvalue weighted by Crippen LogP contribution is 2.41. The summed E-state index contributed by atoms with van der Waals surface area (Å²) in [5.74, 6) is 0. The van der Waals surface area contributed by atoms with Gasteiger partial charge in [-0.25, -0.2) is 4.79 Å². The van der Waals surface area contributed by atoms with E-state index in [4.69, 9.17) is 14.9 Å². The van der Waals surface area contributed by atoms with Gasteiger partial charge in [0.05, 0.1) is 12.6 Å². The van der Waals surface area contributed by atoms with Crippen molar-refractivity contribution < 1.29 is 14.3 Å². The molecule has 0 bridgehead atoms. The van der Waals surface area contributed by atoms with Gasteiger partial charge < -0.3 is 20.0 Å². The van der Waals surface area contributed by atoms with Crippen molar-refractivity contribution in [1.82, 2.24) is 9.55 Å². The number of aliphatic hydroxyl groups is 1. The number of nitrogens with zero attached hydrogens (tertiary/aromatic N) is 1. The lowest BCUT2D eigenvalue weighted by Crippen LogP contribution is -2.52. The van der Waals surface area contributed by atoms with Crippen molar-refractivity contribution in [3.63, 3.8) is 0 Å². The predicted octanol–water partition coefficient (Wildman–Crippen LogP) is 0.452. The van der Waals surface area contributed by atoms with Crippen molar-refractivity contribution in [2.75, 3.05) is 6.61 Å². The molecule has 4 atom stereocenters. The molecule has 1 aliphatic rings. The van der Waals surface area contributed by atoms with E-state index in [0.29, 0.717) is 5.56 Å². The Morgan fingerprint density at radius 3 is 2.52 bits per heavy atom. The number of rotatable bonds is 4. The van der Waals surface area contributed by atoms with Gasteiger partial charge in [0.1, 0.15) is 12.2 Å². The van der Waals surface area contributed by atoms with Crippen LogP contribution >= 0.6 is 0 Å². The van der Waals surface area contributed by atoms with E-state index >= 15 is 0 Å². The second-order valence-electron chi connectivity index (χ2n) is 8.15. The summed E-state index contributed by atoms with van der Waals surface area (Å²) in [5.41, 5.74) is 5.61. The van der Waals surface area contributed by atoms with Crippen molar-refractivity contribution in [2.45, 2.75) is 70.3 Å². The second-order valence-corrected chi connectivity index (χ2v) is 12.9. The van der Waals surface area contributed by atoms with Crippen molar-refractivity contribution >= 4 is 8.32 Å². The van der Waals surface area contributed by atoms with Crippen molar-refractivity contribution in [3.8, 4) is 0 Å². The Balaban J connectivity index is 2.46. The zero-order chi connectivity index (χ0) is 19.2. The molecule has 1 aliphatic heterocycles. The molecule has 9 heteroatoms. The van der Waals surface area contributed by atoms with Gasteiger partial charge in [-0.05, 0) is 25.1 Å². The topological polar surface area (TPSA) is 120 Å². The molecule has 1 fully saturated rings. The quantitative estimate of drug-likeness (QED) is 0.661. The lowest BCUT2D eigenvalue weighted by atomic mass is 10.1. The van der Waals surface area contributed by atoms with Gasteiger partial charge in [-0.15, -0.1) is 0 Å². The van der Waals surface area contributed by atoms with Crippen LogP contribution in [0.2, 0.25) is 18.1 Å². The molecule has 0 aromatic carbocycles. The Kier molecular flexibility index (Phi) is 5.46. The van der Waals surface area contributed by atoms with Gasteiger partial charge in [0.15, 0.2) is 14.5 Å². The maximum absolute atomic E-state index is 12.3. The van der Waals surface area contributed by atoms with Crippen LogP contribution in [0, 0.1) is 6.92 Å². The number of aryl methyl sites for hydroxylation is 1. The minimum Gasteiger partial charge on any atom is -0.408 e. The van der Waals surface area contributed by atoms with Crippen LogP contribution in [0.1, 0.15) is 32.6 Å². The fraction of sp³-hybridized carbons (Fsp3) is 0.750. The van der Waals surface area contributed by atoms with E-state index in [9.17, 15) is 14.7 Å². The Morgan fingerprint density at radius 2 is 2.00 bits per heavy atom. The standard InChI is InChI=1S/C16H29N3O5Si/c1-9-7-19(15(22)18-13(9)21)14-12(11(17)10(8-20)23-14)24-25(5,6)16(2,3)4/h7,10-12,14,20H,8,17H2,1-6H3,(H,18,21,22)/t10-,11-,12-,14-/m1/s1. The normalized spacial score (nSPS) is 27.7. The summed E-state index contributed by atoms with van der Waals surface area (Å²) in [6.45, 7) is 11.8. The molecular weight excluding hydrogens is 342 g/mol. The molecule has 1 aromatic heterocycles. The maximum Gasteiger partial charge on any atom is 0.330 e. The first-order chi connectivity index (χ1) is 11.4. The molecule has 0 aliphatic carbocycles. The first-order valence-electron chi connectivity index (χ1n) is 8.41. The van der Waals surface area contributed by atoms with E-state index in [1.165, 1.54) is 10.8 Å². The highest BCUT2D eigenvalue weighted by molar-refractivity contribution is 6.74. The molecule has 2 heterocycles. The second kappa shape index (κ2) is 6.80. The van der Waals surface area contributed by atoms with E-state index in [-0.39, 0.29) is 11.6 Å². The molecule has 1 aromatic rings. The summed E-state index contributed by atoms with van der Waals surface area (Å²) in [7, 11) is -2.20. The largest absolute Gasteiger partial charge is 0.408 e. The average molecular weight is 372 g/mol. The number of aromatic nitrogens is 2. The van der Waals surface area contributed by atoms with Gasteiger partial charge >= 0.3 is 5.69 Å². The molecule has 0 radical (unpaired) electrons. The van der Waals surface area contributed by atoms with Crippen LogP contribution in [0.3, 0.4) is 0 Å². The number of ether oxygens (including phenoxy) is 1. The molecule has 25 heavy (non-hydrogen) atoms. The van der Waals surface area contributed by atoms with E-state index < -0.39 is 44.0 Å². The van der Waals surface area contributed by atoms with Crippen LogP contribution in [0.15, 0.2) is 15.8 Å². The van der Waals surface area contributed by atoms with Gasteiger partial charge in [-0.1, -0.05) is 20.8 Å². The summed E-state index contributed by atoms with van der Waals surface area (Å²) < 4.78 is 13.5. The molecule has 0 unspecified atom stereocenters. The third-order valence-electron chi connectivity index (χ3n) is 5.24. The molecule has 1 saturated heterocycles. The highest BCUT2D eigenvalue weighted by atomic mass is 28.4. The summed E-state index contributed by atoms with van der Waals surface area (Å²) in [4.78, 5) is 26.2. The van der Waals surface area contributed by atoms with Crippen molar-refractivity contribution in [2.24, 2.45) is 5.73 Å². The number of hydrogen-bond donors (Lipinski definition) is 3. The molecule has 8 nitrogen and oxygen atoms in total.